The van der Waals surface area contributed by atoms with Crippen LogP contribution in [0, 0.1) is 0 Å². The number of amides is 1. The Labute approximate surface area is 188 Å². The molecule has 0 unspecified atom stereocenters. The molecule has 2 rings (SSSR count). The van der Waals surface area contributed by atoms with Crippen molar-refractivity contribution in [3.05, 3.63) is 64.9 Å². The van der Waals surface area contributed by atoms with Crippen LogP contribution in [0.25, 0.3) is 0 Å². The maximum Gasteiger partial charge on any atom is 0.337 e. The smallest absolute Gasteiger partial charge is 0.337 e. The predicted octanol–water partition coefficient (Wildman–Crippen LogP) is 4.26. The molecule has 0 spiro atoms. The minimum absolute atomic E-state index is 0.150. The summed E-state index contributed by atoms with van der Waals surface area (Å²) in [4.78, 5) is 24.5. The van der Waals surface area contributed by atoms with Crippen LogP contribution >= 0.6 is 63.7 Å². The second-order valence-electron chi connectivity index (χ2n) is 5.43. The van der Waals surface area contributed by atoms with E-state index in [4.69, 9.17) is 0 Å². The molecule has 144 valence electrons. The maximum absolute atomic E-state index is 12.8. The fourth-order valence-corrected chi connectivity index (χ4v) is 4.86. The van der Waals surface area contributed by atoms with Gasteiger partial charge in [-0.25, -0.2) is 4.79 Å². The molecule has 1 amide bonds. The van der Waals surface area contributed by atoms with Gasteiger partial charge in [0.15, 0.2) is 0 Å². The maximum atomic E-state index is 12.8. The Morgan fingerprint density at radius 2 is 1.44 bits per heavy atom. The molecular weight excluding hydrogens is 618 g/mol. The fraction of sp³-hybridized carbons (Fsp3) is 0.176. The number of hydrogen-bond donors (Lipinski definition) is 4. The van der Waals surface area contributed by atoms with Crippen molar-refractivity contribution in [3.63, 3.8) is 0 Å². The molecule has 4 N–H and O–H groups in total. The molecule has 0 aliphatic heterocycles. The van der Waals surface area contributed by atoms with E-state index in [9.17, 15) is 24.9 Å². The molecule has 0 heterocycles. The summed E-state index contributed by atoms with van der Waals surface area (Å²) < 4.78 is 1.26. The van der Waals surface area contributed by atoms with Crippen LogP contribution in [0.1, 0.15) is 32.4 Å². The van der Waals surface area contributed by atoms with Crippen LogP contribution in [0.5, 0.6) is 0 Å². The SMILES string of the molecule is O=C(O)c1c(Br)c(Br)c(Br)c(Br)c1C(=O)N[C@@H](CO)[C@@H](O)c1ccccc1. The second-order valence-corrected chi connectivity index (χ2v) is 8.60. The molecule has 2 aromatic carbocycles. The van der Waals surface area contributed by atoms with Crippen molar-refractivity contribution >= 4 is 75.6 Å². The molecule has 10 heteroatoms. The molecule has 2 aromatic rings. The van der Waals surface area contributed by atoms with Crippen molar-refractivity contribution in [2.45, 2.75) is 12.1 Å². The lowest BCUT2D eigenvalue weighted by molar-refractivity contribution is 0.0669. The van der Waals surface area contributed by atoms with Crippen LogP contribution < -0.4 is 5.32 Å². The third-order valence-corrected chi connectivity index (χ3v) is 8.51. The van der Waals surface area contributed by atoms with Crippen molar-refractivity contribution in [3.8, 4) is 0 Å². The molecule has 0 saturated carbocycles. The minimum Gasteiger partial charge on any atom is -0.478 e. The highest BCUT2D eigenvalue weighted by molar-refractivity contribution is 9.15. The van der Waals surface area contributed by atoms with Crippen molar-refractivity contribution in [1.82, 2.24) is 5.32 Å². The van der Waals surface area contributed by atoms with E-state index in [2.05, 4.69) is 69.0 Å². The van der Waals surface area contributed by atoms with E-state index in [-0.39, 0.29) is 20.1 Å². The molecule has 0 bridgehead atoms. The zero-order valence-electron chi connectivity index (χ0n) is 13.4. The molecule has 6 nitrogen and oxygen atoms in total. The summed E-state index contributed by atoms with van der Waals surface area (Å²) in [7, 11) is 0. The van der Waals surface area contributed by atoms with E-state index < -0.39 is 30.6 Å². The first-order valence-corrected chi connectivity index (χ1v) is 10.6. The Balaban J connectivity index is 2.44. The lowest BCUT2D eigenvalue weighted by Crippen LogP contribution is -2.42. The lowest BCUT2D eigenvalue weighted by Gasteiger charge is -2.24. The van der Waals surface area contributed by atoms with Gasteiger partial charge >= 0.3 is 5.97 Å². The zero-order valence-corrected chi connectivity index (χ0v) is 19.8. The average Bonchev–Trinajstić information content (AvgIpc) is 2.66. The molecule has 27 heavy (non-hydrogen) atoms. The van der Waals surface area contributed by atoms with E-state index >= 15 is 0 Å². The number of hydrogen-bond acceptors (Lipinski definition) is 4. The summed E-state index contributed by atoms with van der Waals surface area (Å²) in [5.41, 5.74) is 0.0936. The highest BCUT2D eigenvalue weighted by atomic mass is 79.9. The Hall–Kier alpha value is -0.780. The van der Waals surface area contributed by atoms with Crippen LogP contribution in [0.15, 0.2) is 48.2 Å². The third-order valence-electron chi connectivity index (χ3n) is 3.74. The first kappa shape index (κ1) is 22.5. The monoisotopic (exact) mass is 627 g/mol. The predicted molar refractivity (Wildman–Crippen MR) is 114 cm³/mol. The number of nitrogens with one attached hydrogen (secondary N) is 1. The Morgan fingerprint density at radius 3 is 1.93 bits per heavy atom. The number of carboxylic acid groups (broad SMARTS) is 1. The zero-order chi connectivity index (χ0) is 20.3. The molecule has 0 aromatic heterocycles. The number of halogens is 4. The van der Waals surface area contributed by atoms with Crippen molar-refractivity contribution < 1.29 is 24.9 Å². The standard InChI is InChI=1S/C17H13Br4NO5/c18-11-9(10(17(26)27)12(19)14(21)13(11)20)16(25)22-8(6-23)15(24)7-4-2-1-3-5-7/h1-5,8,15,23-24H,6H2,(H,22,25)(H,26,27)/t8-,15-/m0/s1. The van der Waals surface area contributed by atoms with Gasteiger partial charge in [0.1, 0.15) is 6.10 Å². The first-order valence-electron chi connectivity index (χ1n) is 7.44. The summed E-state index contributed by atoms with van der Waals surface area (Å²) in [6.45, 7) is -0.541. The highest BCUT2D eigenvalue weighted by Crippen LogP contribution is 2.42. The molecular formula is C17H13Br4NO5. The fourth-order valence-electron chi connectivity index (χ4n) is 2.39. The van der Waals surface area contributed by atoms with E-state index in [1.54, 1.807) is 30.3 Å². The van der Waals surface area contributed by atoms with Gasteiger partial charge in [-0.2, -0.15) is 0 Å². The largest absolute Gasteiger partial charge is 0.478 e. The van der Waals surface area contributed by atoms with Gasteiger partial charge in [-0.15, -0.1) is 0 Å². The molecule has 0 radical (unpaired) electrons. The summed E-state index contributed by atoms with van der Waals surface area (Å²) in [6, 6.07) is 7.49. The van der Waals surface area contributed by atoms with E-state index in [1.165, 1.54) is 0 Å². The summed E-state index contributed by atoms with van der Waals surface area (Å²) in [5, 5.41) is 32.1. The van der Waals surface area contributed by atoms with E-state index in [1.807, 2.05) is 0 Å². The summed E-state index contributed by atoms with van der Waals surface area (Å²) in [6.07, 6.45) is -1.17. The highest BCUT2D eigenvalue weighted by Gasteiger charge is 2.30. The first-order chi connectivity index (χ1) is 12.7. The third kappa shape index (κ3) is 4.80. The van der Waals surface area contributed by atoms with Crippen LogP contribution in [-0.2, 0) is 0 Å². The quantitative estimate of drug-likeness (QED) is 0.282. The van der Waals surface area contributed by atoms with Gasteiger partial charge < -0.3 is 20.6 Å². The molecule has 0 aliphatic rings. The molecule has 0 fully saturated rings. The number of carbonyl (C=O) groups excluding carboxylic acids is 1. The number of aliphatic hydroxyl groups excluding tert-OH is 2. The van der Waals surface area contributed by atoms with Crippen LogP contribution in [0.4, 0.5) is 0 Å². The number of aliphatic hydroxyl groups is 2. The van der Waals surface area contributed by atoms with Crippen LogP contribution in [-0.4, -0.2) is 39.8 Å². The molecule has 0 aliphatic carbocycles. The molecule has 2 atom stereocenters. The van der Waals surface area contributed by atoms with Crippen molar-refractivity contribution in [1.29, 1.82) is 0 Å². The average molecular weight is 631 g/mol. The van der Waals surface area contributed by atoms with E-state index in [0.29, 0.717) is 14.5 Å². The number of carbonyl (C=O) groups is 2. The number of aromatic carboxylic acids is 1. The number of carboxylic acids is 1. The van der Waals surface area contributed by atoms with Gasteiger partial charge in [0.2, 0.25) is 0 Å². The van der Waals surface area contributed by atoms with Gasteiger partial charge in [-0.3, -0.25) is 4.79 Å². The minimum atomic E-state index is -1.31. The van der Waals surface area contributed by atoms with Crippen molar-refractivity contribution in [2.24, 2.45) is 0 Å². The number of benzene rings is 2. The Kier molecular flexibility index (Phi) is 8.02. The van der Waals surface area contributed by atoms with E-state index in [0.717, 1.165) is 0 Å². The van der Waals surface area contributed by atoms with Crippen LogP contribution in [0.3, 0.4) is 0 Å². The summed E-state index contributed by atoms with van der Waals surface area (Å²) >= 11 is 12.9. The van der Waals surface area contributed by atoms with Gasteiger partial charge in [0.05, 0.1) is 23.8 Å². The van der Waals surface area contributed by atoms with Gasteiger partial charge in [0.25, 0.3) is 5.91 Å². The van der Waals surface area contributed by atoms with Gasteiger partial charge in [-0.1, -0.05) is 30.3 Å². The number of rotatable bonds is 6. The van der Waals surface area contributed by atoms with Crippen LogP contribution in [0.2, 0.25) is 0 Å². The second kappa shape index (κ2) is 9.62. The van der Waals surface area contributed by atoms with Gasteiger partial charge in [0, 0.05) is 17.9 Å². The topological polar surface area (TPSA) is 107 Å². The molecule has 0 saturated heterocycles. The Morgan fingerprint density at radius 1 is 0.926 bits per heavy atom. The Bertz CT molecular complexity index is 876. The summed E-state index contributed by atoms with van der Waals surface area (Å²) in [5.74, 6) is -2.08. The van der Waals surface area contributed by atoms with Crippen molar-refractivity contribution in [2.75, 3.05) is 6.61 Å². The normalized spacial score (nSPS) is 13.1. The van der Waals surface area contributed by atoms with Gasteiger partial charge in [-0.05, 0) is 69.3 Å². The lowest BCUT2D eigenvalue weighted by atomic mass is 10.0.